The molecule has 1 saturated heterocycles. The molecule has 0 radical (unpaired) electrons. The van der Waals surface area contributed by atoms with Crippen molar-refractivity contribution in [3.05, 3.63) is 81.4 Å². The van der Waals surface area contributed by atoms with Crippen molar-refractivity contribution in [2.24, 2.45) is 0 Å². The molecule has 1 N–H and O–H groups in total. The van der Waals surface area contributed by atoms with Gasteiger partial charge in [-0.25, -0.2) is 9.67 Å². The van der Waals surface area contributed by atoms with E-state index in [1.807, 2.05) is 36.1 Å². The van der Waals surface area contributed by atoms with Crippen molar-refractivity contribution in [1.29, 1.82) is 0 Å². The second-order valence-corrected chi connectivity index (χ2v) is 8.67. The molecule has 0 aliphatic carbocycles. The summed E-state index contributed by atoms with van der Waals surface area (Å²) < 4.78 is 6.84. The Kier molecular flexibility index (Phi) is 5.83. The molecule has 1 atom stereocenters. The highest BCUT2D eigenvalue weighted by Crippen LogP contribution is 2.26. The molecule has 1 amide bonds. The molecule has 9 heteroatoms. The van der Waals surface area contributed by atoms with Crippen molar-refractivity contribution in [2.75, 3.05) is 20.2 Å². The zero-order chi connectivity index (χ0) is 23.7. The van der Waals surface area contributed by atoms with Crippen LogP contribution in [0.4, 0.5) is 0 Å². The number of amides is 1. The standard InChI is InChI=1S/C25H26N6O3/c1-16-5-7-17(8-6-16)14-31-23-21(28-29-31)24(32)27-22(26-23)19-4-3-13-30(15-19)25(33)18-9-11-20(34-2)12-10-18/h5-12,19H,3-4,13-15H2,1-2H3,(H,26,27,32)/t19-/m1/s1. The van der Waals surface area contributed by atoms with Gasteiger partial charge in [0.15, 0.2) is 11.2 Å². The summed E-state index contributed by atoms with van der Waals surface area (Å²) in [4.78, 5) is 35.3. The number of hydrogen-bond acceptors (Lipinski definition) is 6. The van der Waals surface area contributed by atoms with Crippen molar-refractivity contribution in [3.8, 4) is 5.75 Å². The number of nitrogens with one attached hydrogen (secondary N) is 1. The quantitative estimate of drug-likeness (QED) is 0.493. The first-order valence-electron chi connectivity index (χ1n) is 11.3. The number of nitrogens with zero attached hydrogens (tertiary/aromatic N) is 5. The number of fused-ring (bicyclic) bond motifs is 1. The lowest BCUT2D eigenvalue weighted by Gasteiger charge is -2.32. The highest BCUT2D eigenvalue weighted by Gasteiger charge is 2.28. The molecule has 0 bridgehead atoms. The number of aromatic amines is 1. The largest absolute Gasteiger partial charge is 0.497 e. The summed E-state index contributed by atoms with van der Waals surface area (Å²) in [6, 6.07) is 15.2. The molecule has 1 aliphatic heterocycles. The molecule has 5 rings (SSSR count). The highest BCUT2D eigenvalue weighted by molar-refractivity contribution is 5.94. The van der Waals surface area contributed by atoms with Gasteiger partial charge in [0.2, 0.25) is 0 Å². The van der Waals surface area contributed by atoms with Crippen molar-refractivity contribution in [1.82, 2.24) is 29.9 Å². The molecular formula is C25H26N6O3. The molecule has 174 valence electrons. The van der Waals surface area contributed by atoms with Crippen LogP contribution in [0, 0.1) is 6.92 Å². The maximum absolute atomic E-state index is 13.1. The smallest absolute Gasteiger partial charge is 0.281 e. The number of aryl methyl sites for hydroxylation is 1. The summed E-state index contributed by atoms with van der Waals surface area (Å²) in [5.74, 6) is 1.16. The Bertz CT molecular complexity index is 1370. The Morgan fingerprint density at radius 1 is 1.15 bits per heavy atom. The second-order valence-electron chi connectivity index (χ2n) is 8.67. The van der Waals surface area contributed by atoms with Crippen molar-refractivity contribution >= 4 is 17.1 Å². The van der Waals surface area contributed by atoms with Gasteiger partial charge in [0.05, 0.1) is 13.7 Å². The summed E-state index contributed by atoms with van der Waals surface area (Å²) in [6.07, 6.45) is 1.66. The van der Waals surface area contributed by atoms with Crippen LogP contribution in [-0.2, 0) is 6.54 Å². The van der Waals surface area contributed by atoms with E-state index in [4.69, 9.17) is 9.72 Å². The maximum Gasteiger partial charge on any atom is 0.281 e. The minimum absolute atomic E-state index is 0.0399. The molecule has 0 spiro atoms. The van der Waals surface area contributed by atoms with Gasteiger partial charge in [-0.3, -0.25) is 9.59 Å². The average molecular weight is 459 g/mol. The van der Waals surface area contributed by atoms with Gasteiger partial charge in [0.1, 0.15) is 11.6 Å². The average Bonchev–Trinajstić information content (AvgIpc) is 3.28. The summed E-state index contributed by atoms with van der Waals surface area (Å²) in [5, 5.41) is 8.21. The number of aromatic nitrogens is 5. The summed E-state index contributed by atoms with van der Waals surface area (Å²) in [5.41, 5.74) is 3.20. The zero-order valence-corrected chi connectivity index (χ0v) is 19.2. The molecule has 2 aromatic carbocycles. The van der Waals surface area contributed by atoms with E-state index in [-0.39, 0.29) is 22.9 Å². The first-order chi connectivity index (χ1) is 16.5. The van der Waals surface area contributed by atoms with Crippen LogP contribution in [0.1, 0.15) is 46.1 Å². The van der Waals surface area contributed by atoms with Crippen molar-refractivity contribution in [3.63, 3.8) is 0 Å². The van der Waals surface area contributed by atoms with E-state index in [1.54, 1.807) is 36.1 Å². The minimum atomic E-state index is -0.311. The van der Waals surface area contributed by atoms with Crippen LogP contribution in [0.15, 0.2) is 53.3 Å². The zero-order valence-electron chi connectivity index (χ0n) is 19.2. The SMILES string of the molecule is COc1ccc(C(=O)N2CCC[C@@H](c3nc4c(nnn4Cc4ccc(C)cc4)c(=O)[nH]3)C2)cc1. The molecule has 0 unspecified atom stereocenters. The number of benzene rings is 2. The van der Waals surface area contributed by atoms with Crippen LogP contribution < -0.4 is 10.3 Å². The van der Waals surface area contributed by atoms with Gasteiger partial charge in [-0.15, -0.1) is 5.10 Å². The van der Waals surface area contributed by atoms with Crippen molar-refractivity contribution < 1.29 is 9.53 Å². The van der Waals surface area contributed by atoms with E-state index in [0.29, 0.717) is 42.4 Å². The number of likely N-dealkylation sites (tertiary alicyclic amines) is 1. The van der Waals surface area contributed by atoms with E-state index in [2.05, 4.69) is 15.3 Å². The van der Waals surface area contributed by atoms with E-state index in [1.165, 1.54) is 5.56 Å². The van der Waals surface area contributed by atoms with Gasteiger partial charge in [-0.1, -0.05) is 35.0 Å². The monoisotopic (exact) mass is 458 g/mol. The molecule has 2 aromatic heterocycles. The topological polar surface area (TPSA) is 106 Å². The van der Waals surface area contributed by atoms with Crippen LogP contribution >= 0.6 is 0 Å². The molecule has 0 saturated carbocycles. The Hall–Kier alpha value is -4.01. The van der Waals surface area contributed by atoms with Gasteiger partial charge >= 0.3 is 0 Å². The first-order valence-corrected chi connectivity index (χ1v) is 11.3. The minimum Gasteiger partial charge on any atom is -0.497 e. The van der Waals surface area contributed by atoms with Crippen LogP contribution in [-0.4, -0.2) is 56.0 Å². The van der Waals surface area contributed by atoms with E-state index >= 15 is 0 Å². The Morgan fingerprint density at radius 2 is 1.91 bits per heavy atom. The van der Waals surface area contributed by atoms with E-state index in [9.17, 15) is 9.59 Å². The number of H-pyrrole nitrogens is 1. The fourth-order valence-electron chi connectivity index (χ4n) is 4.35. The normalized spacial score (nSPS) is 16.1. The van der Waals surface area contributed by atoms with Crippen molar-refractivity contribution in [2.45, 2.75) is 32.2 Å². The Labute approximate surface area is 196 Å². The predicted molar refractivity (Wildman–Crippen MR) is 127 cm³/mol. The molecule has 4 aromatic rings. The molecule has 1 aliphatic rings. The number of hydrogen-bond donors (Lipinski definition) is 1. The molecule has 9 nitrogen and oxygen atoms in total. The second kappa shape index (κ2) is 9.09. The Balaban J connectivity index is 1.40. The number of piperidine rings is 1. The fourth-order valence-corrected chi connectivity index (χ4v) is 4.35. The number of rotatable bonds is 5. The molecular weight excluding hydrogens is 432 g/mol. The fraction of sp³-hybridized carbons (Fsp3) is 0.320. The van der Waals surface area contributed by atoms with Crippen LogP contribution in [0.3, 0.4) is 0 Å². The number of ether oxygens (including phenoxy) is 1. The first kappa shape index (κ1) is 21.8. The third-order valence-corrected chi connectivity index (χ3v) is 6.28. The van der Waals surface area contributed by atoms with Gasteiger partial charge in [0, 0.05) is 24.6 Å². The van der Waals surface area contributed by atoms with Crippen LogP contribution in [0.2, 0.25) is 0 Å². The Morgan fingerprint density at radius 3 is 2.65 bits per heavy atom. The van der Waals surface area contributed by atoms with Gasteiger partial charge in [-0.2, -0.15) is 0 Å². The molecule has 3 heterocycles. The number of carbonyl (C=O) groups is 1. The van der Waals surface area contributed by atoms with E-state index in [0.717, 1.165) is 18.4 Å². The lowest BCUT2D eigenvalue weighted by Crippen LogP contribution is -2.40. The third-order valence-electron chi connectivity index (χ3n) is 6.28. The molecule has 1 fully saturated rings. The summed E-state index contributed by atoms with van der Waals surface area (Å²) in [7, 11) is 1.60. The lowest BCUT2D eigenvalue weighted by atomic mass is 9.96. The third kappa shape index (κ3) is 4.28. The van der Waals surface area contributed by atoms with Gasteiger partial charge in [-0.05, 0) is 49.6 Å². The lowest BCUT2D eigenvalue weighted by molar-refractivity contribution is 0.0704. The number of carbonyl (C=O) groups excluding carboxylic acids is 1. The summed E-state index contributed by atoms with van der Waals surface area (Å²) in [6.45, 7) is 3.66. The van der Waals surface area contributed by atoms with E-state index < -0.39 is 0 Å². The highest BCUT2D eigenvalue weighted by atomic mass is 16.5. The number of methoxy groups -OCH3 is 1. The maximum atomic E-state index is 13.1. The van der Waals surface area contributed by atoms with Crippen LogP contribution in [0.25, 0.3) is 11.2 Å². The van der Waals surface area contributed by atoms with Gasteiger partial charge in [0.25, 0.3) is 11.5 Å². The van der Waals surface area contributed by atoms with Gasteiger partial charge < -0.3 is 14.6 Å². The van der Waals surface area contributed by atoms with Crippen LogP contribution in [0.5, 0.6) is 5.75 Å². The molecule has 34 heavy (non-hydrogen) atoms. The summed E-state index contributed by atoms with van der Waals surface area (Å²) >= 11 is 0. The predicted octanol–water partition coefficient (Wildman–Crippen LogP) is 2.90.